The molecule has 3 heterocycles. The van der Waals surface area contributed by atoms with Crippen LogP contribution in [-0.4, -0.2) is 52.9 Å². The number of hydrogen-bond donors (Lipinski definition) is 1. The standard InChI is InChI=1S/C16H20N4O2S2/c1-2-12-11-24-14(18-12)10-17-16(22)20-7-5-19(6-8-20)15(21)13-4-3-9-23-13/h3-4,9,11H,2,5-8,10H2,1H3,(H,17,22). The quantitative estimate of drug-likeness (QED) is 0.906. The first-order chi connectivity index (χ1) is 11.7. The van der Waals surface area contributed by atoms with Gasteiger partial charge in [-0.2, -0.15) is 0 Å². The first kappa shape index (κ1) is 16.9. The molecule has 0 bridgehead atoms. The Kier molecular flexibility index (Phi) is 5.47. The molecule has 1 N–H and O–H groups in total. The van der Waals surface area contributed by atoms with Crippen molar-refractivity contribution in [3.8, 4) is 0 Å². The molecular weight excluding hydrogens is 344 g/mol. The van der Waals surface area contributed by atoms with Crippen LogP contribution in [0.5, 0.6) is 0 Å². The first-order valence-corrected chi connectivity index (χ1v) is 9.72. The van der Waals surface area contributed by atoms with E-state index in [2.05, 4.69) is 17.2 Å². The fourth-order valence-corrected chi connectivity index (χ4v) is 4.03. The van der Waals surface area contributed by atoms with Crippen molar-refractivity contribution in [3.63, 3.8) is 0 Å². The number of carbonyl (C=O) groups is 2. The molecule has 3 amide bonds. The lowest BCUT2D eigenvalue weighted by Gasteiger charge is -2.34. The number of nitrogens with zero attached hydrogens (tertiary/aromatic N) is 3. The molecule has 2 aromatic heterocycles. The number of amides is 3. The predicted octanol–water partition coefficient (Wildman–Crippen LogP) is 2.43. The lowest BCUT2D eigenvalue weighted by Crippen LogP contribution is -2.53. The number of carbonyl (C=O) groups excluding carboxylic acids is 2. The van der Waals surface area contributed by atoms with E-state index in [9.17, 15) is 9.59 Å². The zero-order chi connectivity index (χ0) is 16.9. The second-order valence-electron chi connectivity index (χ2n) is 5.50. The number of rotatable bonds is 4. The highest BCUT2D eigenvalue weighted by molar-refractivity contribution is 7.12. The minimum atomic E-state index is -0.0912. The largest absolute Gasteiger partial charge is 0.334 e. The maximum Gasteiger partial charge on any atom is 0.317 e. The molecule has 1 aliphatic rings. The summed E-state index contributed by atoms with van der Waals surface area (Å²) >= 11 is 3.02. The van der Waals surface area contributed by atoms with Crippen molar-refractivity contribution >= 4 is 34.6 Å². The van der Waals surface area contributed by atoms with E-state index in [0.29, 0.717) is 32.7 Å². The number of aryl methyl sites for hydroxylation is 1. The van der Waals surface area contributed by atoms with Crippen LogP contribution in [-0.2, 0) is 13.0 Å². The average molecular weight is 364 g/mol. The van der Waals surface area contributed by atoms with Gasteiger partial charge in [0, 0.05) is 31.6 Å². The van der Waals surface area contributed by atoms with Gasteiger partial charge in [0.2, 0.25) is 0 Å². The van der Waals surface area contributed by atoms with Gasteiger partial charge in [0.1, 0.15) is 5.01 Å². The van der Waals surface area contributed by atoms with E-state index in [1.807, 2.05) is 27.8 Å². The molecule has 0 spiro atoms. The molecular formula is C16H20N4O2S2. The summed E-state index contributed by atoms with van der Waals surface area (Å²) in [5.74, 6) is 0.0555. The molecule has 6 nitrogen and oxygen atoms in total. The van der Waals surface area contributed by atoms with Crippen LogP contribution in [0.2, 0.25) is 0 Å². The summed E-state index contributed by atoms with van der Waals surface area (Å²) in [5.41, 5.74) is 1.06. The molecule has 8 heteroatoms. The number of aromatic nitrogens is 1. The molecule has 1 saturated heterocycles. The van der Waals surface area contributed by atoms with Gasteiger partial charge >= 0.3 is 6.03 Å². The Balaban J connectivity index is 1.45. The highest BCUT2D eigenvalue weighted by Crippen LogP contribution is 2.14. The summed E-state index contributed by atoms with van der Waals surface area (Å²) in [4.78, 5) is 33.3. The molecule has 0 aliphatic carbocycles. The van der Waals surface area contributed by atoms with Crippen LogP contribution in [0.25, 0.3) is 0 Å². The molecule has 128 valence electrons. The van der Waals surface area contributed by atoms with Gasteiger partial charge in [-0.05, 0) is 17.9 Å². The van der Waals surface area contributed by atoms with Crippen LogP contribution in [0.15, 0.2) is 22.9 Å². The summed E-state index contributed by atoms with van der Waals surface area (Å²) < 4.78 is 0. The average Bonchev–Trinajstić information content (AvgIpc) is 3.30. The van der Waals surface area contributed by atoms with Gasteiger partial charge < -0.3 is 15.1 Å². The summed E-state index contributed by atoms with van der Waals surface area (Å²) in [6.45, 7) is 4.77. The molecule has 0 aromatic carbocycles. The van der Waals surface area contributed by atoms with E-state index in [4.69, 9.17) is 0 Å². The molecule has 2 aromatic rings. The number of urea groups is 1. The molecule has 3 rings (SSSR count). The number of piperazine rings is 1. The van der Waals surface area contributed by atoms with Gasteiger partial charge in [-0.1, -0.05) is 13.0 Å². The lowest BCUT2D eigenvalue weighted by molar-refractivity contribution is 0.0669. The number of hydrogen-bond acceptors (Lipinski definition) is 5. The summed E-state index contributed by atoms with van der Waals surface area (Å²) in [5, 5.41) is 7.76. The Morgan fingerprint density at radius 1 is 1.21 bits per heavy atom. The van der Waals surface area contributed by atoms with Crippen LogP contribution in [0.1, 0.15) is 27.3 Å². The second kappa shape index (κ2) is 7.76. The van der Waals surface area contributed by atoms with Crippen LogP contribution >= 0.6 is 22.7 Å². The van der Waals surface area contributed by atoms with Gasteiger partial charge in [0.25, 0.3) is 5.91 Å². The zero-order valence-corrected chi connectivity index (χ0v) is 15.2. The first-order valence-electron chi connectivity index (χ1n) is 7.96. The van der Waals surface area contributed by atoms with Crippen molar-refractivity contribution in [1.82, 2.24) is 20.1 Å². The van der Waals surface area contributed by atoms with Gasteiger partial charge in [0.05, 0.1) is 17.1 Å². The Morgan fingerprint density at radius 3 is 2.58 bits per heavy atom. The summed E-state index contributed by atoms with van der Waals surface area (Å²) in [7, 11) is 0. The highest BCUT2D eigenvalue weighted by Gasteiger charge is 2.25. The predicted molar refractivity (Wildman–Crippen MR) is 95.5 cm³/mol. The monoisotopic (exact) mass is 364 g/mol. The zero-order valence-electron chi connectivity index (χ0n) is 13.5. The molecule has 0 atom stereocenters. The SMILES string of the molecule is CCc1csc(CNC(=O)N2CCN(C(=O)c3cccs3)CC2)n1. The third-order valence-corrected chi connectivity index (χ3v) is 5.69. The molecule has 0 radical (unpaired) electrons. The number of thiazole rings is 1. The van der Waals surface area contributed by atoms with Crippen molar-refractivity contribution in [2.75, 3.05) is 26.2 Å². The maximum atomic E-state index is 12.3. The van der Waals surface area contributed by atoms with E-state index >= 15 is 0 Å². The molecule has 1 aliphatic heterocycles. The van der Waals surface area contributed by atoms with Crippen LogP contribution in [0, 0.1) is 0 Å². The van der Waals surface area contributed by atoms with Crippen LogP contribution < -0.4 is 5.32 Å². The topological polar surface area (TPSA) is 65.5 Å². The second-order valence-corrected chi connectivity index (χ2v) is 7.39. The Hall–Kier alpha value is -1.93. The third kappa shape index (κ3) is 3.93. The Morgan fingerprint density at radius 2 is 1.96 bits per heavy atom. The third-order valence-electron chi connectivity index (χ3n) is 3.94. The number of nitrogens with one attached hydrogen (secondary N) is 1. The van der Waals surface area contributed by atoms with E-state index in [-0.39, 0.29) is 11.9 Å². The van der Waals surface area contributed by atoms with Crippen molar-refractivity contribution in [2.45, 2.75) is 19.9 Å². The molecule has 1 fully saturated rings. The number of thiophene rings is 1. The van der Waals surface area contributed by atoms with Crippen LogP contribution in [0.4, 0.5) is 4.79 Å². The van der Waals surface area contributed by atoms with E-state index in [1.165, 1.54) is 11.3 Å². The van der Waals surface area contributed by atoms with Gasteiger partial charge in [0.15, 0.2) is 0 Å². The minimum Gasteiger partial charge on any atom is -0.334 e. The van der Waals surface area contributed by atoms with Gasteiger partial charge in [-0.25, -0.2) is 9.78 Å². The van der Waals surface area contributed by atoms with Crippen molar-refractivity contribution in [1.29, 1.82) is 0 Å². The lowest BCUT2D eigenvalue weighted by atomic mass is 10.3. The highest BCUT2D eigenvalue weighted by atomic mass is 32.1. The van der Waals surface area contributed by atoms with Crippen molar-refractivity contribution in [3.05, 3.63) is 38.5 Å². The fraction of sp³-hybridized carbons (Fsp3) is 0.438. The minimum absolute atomic E-state index is 0.0555. The fourth-order valence-electron chi connectivity index (χ4n) is 2.52. The van der Waals surface area contributed by atoms with E-state index in [0.717, 1.165) is 22.0 Å². The molecule has 24 heavy (non-hydrogen) atoms. The summed E-state index contributed by atoms with van der Waals surface area (Å²) in [6.07, 6.45) is 0.907. The smallest absolute Gasteiger partial charge is 0.317 e. The Labute approximate surface area is 149 Å². The summed E-state index contributed by atoms with van der Waals surface area (Å²) in [6, 6.07) is 3.63. The molecule has 0 unspecified atom stereocenters. The van der Waals surface area contributed by atoms with E-state index < -0.39 is 0 Å². The maximum absolute atomic E-state index is 12.3. The van der Waals surface area contributed by atoms with Gasteiger partial charge in [-0.15, -0.1) is 22.7 Å². The molecule has 0 saturated carbocycles. The van der Waals surface area contributed by atoms with Crippen molar-refractivity contribution < 1.29 is 9.59 Å². The van der Waals surface area contributed by atoms with E-state index in [1.54, 1.807) is 16.2 Å². The Bertz CT molecular complexity index is 691. The van der Waals surface area contributed by atoms with Gasteiger partial charge in [-0.3, -0.25) is 4.79 Å². The van der Waals surface area contributed by atoms with Crippen molar-refractivity contribution in [2.24, 2.45) is 0 Å². The van der Waals surface area contributed by atoms with Crippen LogP contribution in [0.3, 0.4) is 0 Å². The normalized spacial score (nSPS) is 14.7.